The summed E-state index contributed by atoms with van der Waals surface area (Å²) in [5, 5.41) is 14.6. The monoisotopic (exact) mass is 302 g/mol. The lowest BCUT2D eigenvalue weighted by atomic mass is 9.98. The maximum Gasteiger partial charge on any atom is 0.163 e. The number of aromatic hydroxyl groups is 1. The minimum atomic E-state index is -0.0980. The van der Waals surface area contributed by atoms with E-state index in [1.807, 2.05) is 18.2 Å². The Hall–Kier alpha value is -1.68. The highest BCUT2D eigenvalue weighted by Crippen LogP contribution is 2.31. The van der Waals surface area contributed by atoms with Crippen molar-refractivity contribution in [2.24, 2.45) is 0 Å². The van der Waals surface area contributed by atoms with Crippen LogP contribution < -0.4 is 5.32 Å². The van der Waals surface area contributed by atoms with E-state index in [4.69, 9.17) is 0 Å². The molecule has 1 aromatic carbocycles. The molecule has 0 saturated carbocycles. The predicted octanol–water partition coefficient (Wildman–Crippen LogP) is 3.58. The molecule has 1 aliphatic rings. The number of hydrogen-bond donors (Lipinski definition) is 2. The number of rotatable bonds is 6. The van der Waals surface area contributed by atoms with Crippen LogP contribution >= 0.6 is 11.8 Å². The molecule has 1 heterocycles. The number of hydrogen-bond acceptors (Lipinski definition) is 4. The normalized spacial score (nSPS) is 13.7. The average Bonchev–Trinajstić information content (AvgIpc) is 2.48. The van der Waals surface area contributed by atoms with Gasteiger partial charge in [0.1, 0.15) is 5.75 Å². The van der Waals surface area contributed by atoms with Crippen LogP contribution in [-0.2, 0) is 12.2 Å². The van der Waals surface area contributed by atoms with Crippen molar-refractivity contribution in [3.8, 4) is 5.75 Å². The van der Waals surface area contributed by atoms with E-state index in [1.165, 1.54) is 6.92 Å². The van der Waals surface area contributed by atoms with Gasteiger partial charge in [0.25, 0.3) is 0 Å². The van der Waals surface area contributed by atoms with E-state index >= 15 is 0 Å². The molecule has 1 radical (unpaired) electrons. The summed E-state index contributed by atoms with van der Waals surface area (Å²) in [6.45, 7) is 4.38. The number of carbonyl (C=O) groups excluding carboxylic acids is 1. The predicted molar refractivity (Wildman–Crippen MR) is 87.3 cm³/mol. The van der Waals surface area contributed by atoms with Gasteiger partial charge in [-0.1, -0.05) is 31.6 Å². The summed E-state index contributed by atoms with van der Waals surface area (Å²) >= 11 is 1.66. The number of thioether (sulfide) groups is 1. The molecule has 1 aliphatic heterocycles. The first-order valence-electron chi connectivity index (χ1n) is 7.13. The van der Waals surface area contributed by atoms with E-state index in [9.17, 15) is 9.90 Å². The van der Waals surface area contributed by atoms with Crippen LogP contribution in [-0.4, -0.2) is 17.4 Å². The molecule has 0 spiro atoms. The first-order valence-corrected chi connectivity index (χ1v) is 8.11. The van der Waals surface area contributed by atoms with Crippen LogP contribution in [0, 0.1) is 6.08 Å². The fourth-order valence-corrected chi connectivity index (χ4v) is 3.17. The number of benzene rings is 1. The molecule has 1 aromatic rings. The Morgan fingerprint density at radius 1 is 1.48 bits per heavy atom. The number of dihydropyridines is 1. The lowest BCUT2D eigenvalue weighted by Gasteiger charge is -2.15. The van der Waals surface area contributed by atoms with Crippen LogP contribution in [0.3, 0.4) is 0 Å². The second-order valence-corrected chi connectivity index (χ2v) is 5.94. The third-order valence-electron chi connectivity index (χ3n) is 3.34. The van der Waals surface area contributed by atoms with Crippen molar-refractivity contribution >= 4 is 17.5 Å². The van der Waals surface area contributed by atoms with E-state index in [2.05, 4.69) is 18.3 Å². The van der Waals surface area contributed by atoms with Gasteiger partial charge >= 0.3 is 0 Å². The number of phenolic OH excluding ortho intramolecular Hbond substituents is 1. The van der Waals surface area contributed by atoms with E-state index in [1.54, 1.807) is 17.8 Å². The SMILES string of the molecule is CCCc1c(CSC2=[C]C=CCN2)ccc(C(C)=O)c1O. The van der Waals surface area contributed by atoms with Crippen molar-refractivity contribution in [2.45, 2.75) is 32.4 Å². The topological polar surface area (TPSA) is 49.3 Å². The van der Waals surface area contributed by atoms with Crippen molar-refractivity contribution in [1.29, 1.82) is 0 Å². The molecule has 21 heavy (non-hydrogen) atoms. The molecular weight excluding hydrogens is 282 g/mol. The van der Waals surface area contributed by atoms with E-state index in [-0.39, 0.29) is 11.5 Å². The number of allylic oxidation sites excluding steroid dienone is 2. The first kappa shape index (κ1) is 15.7. The maximum absolute atomic E-state index is 11.5. The summed E-state index contributed by atoms with van der Waals surface area (Å²) in [5.74, 6) is 0.806. The summed E-state index contributed by atoms with van der Waals surface area (Å²) in [6, 6.07) is 3.67. The van der Waals surface area contributed by atoms with Gasteiger partial charge in [-0.05, 0) is 30.5 Å². The fraction of sp³-hybridized carbons (Fsp3) is 0.353. The first-order chi connectivity index (χ1) is 10.1. The standard InChI is InChI=1S/C17H20NO2S/c1-3-6-15-13(8-9-14(12(2)19)17(15)20)11-21-16-7-4-5-10-18-16/h4-5,8-9,18,20H,3,6,10-11H2,1-2H3. The lowest BCUT2D eigenvalue weighted by molar-refractivity contribution is 0.101. The van der Waals surface area contributed by atoms with Crippen LogP contribution in [0.25, 0.3) is 0 Å². The highest BCUT2D eigenvalue weighted by Gasteiger charge is 2.15. The highest BCUT2D eigenvalue weighted by molar-refractivity contribution is 8.02. The van der Waals surface area contributed by atoms with E-state index in [0.29, 0.717) is 5.56 Å². The molecule has 0 saturated heterocycles. The Morgan fingerprint density at radius 3 is 2.90 bits per heavy atom. The second-order valence-electron chi connectivity index (χ2n) is 4.95. The second kappa shape index (κ2) is 7.36. The largest absolute Gasteiger partial charge is 0.507 e. The van der Waals surface area contributed by atoms with Gasteiger partial charge in [0.05, 0.1) is 10.6 Å². The molecule has 111 valence electrons. The quantitative estimate of drug-likeness (QED) is 0.789. The summed E-state index contributed by atoms with van der Waals surface area (Å²) in [5.41, 5.74) is 2.39. The number of Topliss-reactive ketones (excluding diaryl/α,β-unsaturated/α-hetero) is 1. The van der Waals surface area contributed by atoms with Gasteiger partial charge in [0.2, 0.25) is 0 Å². The molecule has 0 atom stereocenters. The average molecular weight is 302 g/mol. The third-order valence-corrected chi connectivity index (χ3v) is 4.35. The Morgan fingerprint density at radius 2 is 2.29 bits per heavy atom. The fourth-order valence-electron chi connectivity index (χ4n) is 2.27. The van der Waals surface area contributed by atoms with Gasteiger partial charge < -0.3 is 10.4 Å². The molecule has 2 N–H and O–H groups in total. The van der Waals surface area contributed by atoms with Crippen LogP contribution in [0.4, 0.5) is 0 Å². The van der Waals surface area contributed by atoms with Crippen LogP contribution in [0.1, 0.15) is 41.8 Å². The smallest absolute Gasteiger partial charge is 0.163 e. The van der Waals surface area contributed by atoms with Gasteiger partial charge in [0, 0.05) is 18.4 Å². The molecule has 0 amide bonds. The minimum Gasteiger partial charge on any atom is -0.507 e. The summed E-state index contributed by atoms with van der Waals surface area (Å²) in [4.78, 5) is 11.5. The van der Waals surface area contributed by atoms with Gasteiger partial charge in [0.15, 0.2) is 5.78 Å². The van der Waals surface area contributed by atoms with Crippen molar-refractivity contribution < 1.29 is 9.90 Å². The summed E-state index contributed by atoms with van der Waals surface area (Å²) in [7, 11) is 0. The number of ketones is 1. The molecular formula is C17H20NO2S. The molecule has 0 aliphatic carbocycles. The number of carbonyl (C=O) groups is 1. The van der Waals surface area contributed by atoms with Crippen molar-refractivity contribution in [1.82, 2.24) is 5.32 Å². The highest BCUT2D eigenvalue weighted by atomic mass is 32.2. The number of phenols is 1. The Bertz CT molecular complexity index is 591. The van der Waals surface area contributed by atoms with Gasteiger partial charge in [-0.25, -0.2) is 0 Å². The molecule has 4 heteroatoms. The van der Waals surface area contributed by atoms with E-state index < -0.39 is 0 Å². The van der Waals surface area contributed by atoms with Crippen molar-refractivity contribution in [3.63, 3.8) is 0 Å². The van der Waals surface area contributed by atoms with E-state index in [0.717, 1.165) is 41.3 Å². The van der Waals surface area contributed by atoms with Crippen molar-refractivity contribution in [2.75, 3.05) is 6.54 Å². The zero-order chi connectivity index (χ0) is 15.2. The molecule has 0 bridgehead atoms. The Balaban J connectivity index is 2.21. The van der Waals surface area contributed by atoms with Crippen molar-refractivity contribution in [3.05, 3.63) is 52.1 Å². The molecule has 0 fully saturated rings. The lowest BCUT2D eigenvalue weighted by Crippen LogP contribution is -2.13. The Labute approximate surface area is 130 Å². The minimum absolute atomic E-state index is 0.0980. The van der Waals surface area contributed by atoms with Crippen LogP contribution in [0.15, 0.2) is 29.3 Å². The Kier molecular flexibility index (Phi) is 5.51. The molecule has 2 rings (SSSR count). The van der Waals surface area contributed by atoms with Crippen LogP contribution in [0.5, 0.6) is 5.75 Å². The van der Waals surface area contributed by atoms with Gasteiger partial charge in [-0.3, -0.25) is 4.79 Å². The summed E-state index contributed by atoms with van der Waals surface area (Å²) < 4.78 is 0. The third kappa shape index (κ3) is 3.91. The maximum atomic E-state index is 11.5. The molecule has 0 aromatic heterocycles. The van der Waals surface area contributed by atoms with Gasteiger partial charge in [-0.15, -0.1) is 11.8 Å². The zero-order valence-electron chi connectivity index (χ0n) is 12.4. The van der Waals surface area contributed by atoms with Gasteiger partial charge in [-0.2, -0.15) is 0 Å². The molecule has 0 unspecified atom stereocenters. The zero-order valence-corrected chi connectivity index (χ0v) is 13.2. The summed E-state index contributed by atoms with van der Waals surface area (Å²) in [6.07, 6.45) is 8.80. The number of nitrogens with one attached hydrogen (secondary N) is 1. The van der Waals surface area contributed by atoms with Crippen LogP contribution in [0.2, 0.25) is 0 Å². The molecule has 3 nitrogen and oxygen atoms in total.